The van der Waals surface area contributed by atoms with Crippen LogP contribution < -0.4 is 0 Å². The summed E-state index contributed by atoms with van der Waals surface area (Å²) in [5, 5.41) is 0. The van der Waals surface area contributed by atoms with Crippen molar-refractivity contribution >= 4 is 0 Å². The minimum absolute atomic E-state index is 0.0727. The van der Waals surface area contributed by atoms with E-state index < -0.39 is 0 Å². The van der Waals surface area contributed by atoms with Crippen molar-refractivity contribution in [2.75, 3.05) is 6.61 Å². The highest BCUT2D eigenvalue weighted by molar-refractivity contribution is 5.49. The van der Waals surface area contributed by atoms with Gasteiger partial charge in [0.25, 0.3) is 0 Å². The molecule has 1 fully saturated rings. The molecule has 1 heteroatoms. The van der Waals surface area contributed by atoms with Crippen molar-refractivity contribution in [2.24, 2.45) is 0 Å². The van der Waals surface area contributed by atoms with E-state index >= 15 is 0 Å². The highest BCUT2D eigenvalue weighted by atomic mass is 16.5. The summed E-state index contributed by atoms with van der Waals surface area (Å²) >= 11 is 0. The zero-order valence-electron chi connectivity index (χ0n) is 14.5. The maximum absolute atomic E-state index is 6.05. The van der Waals surface area contributed by atoms with Gasteiger partial charge < -0.3 is 4.74 Å². The van der Waals surface area contributed by atoms with Gasteiger partial charge >= 0.3 is 0 Å². The Hall–Kier alpha value is -3.08. The second-order valence-corrected chi connectivity index (χ2v) is 6.22. The summed E-state index contributed by atoms with van der Waals surface area (Å²) in [6, 6.07) is 28.5. The van der Waals surface area contributed by atoms with Crippen molar-refractivity contribution < 1.29 is 4.74 Å². The third kappa shape index (κ3) is 3.77. The Morgan fingerprint density at radius 2 is 1.35 bits per heavy atom. The first-order chi connectivity index (χ1) is 12.9. The van der Waals surface area contributed by atoms with Crippen molar-refractivity contribution in [3.8, 4) is 11.8 Å². The van der Waals surface area contributed by atoms with Gasteiger partial charge in [-0.15, -0.1) is 0 Å². The van der Waals surface area contributed by atoms with Crippen LogP contribution in [0.1, 0.15) is 34.8 Å². The Balaban J connectivity index is 1.68. The van der Waals surface area contributed by atoms with Crippen LogP contribution in [0.15, 0.2) is 90.5 Å². The minimum Gasteiger partial charge on any atom is -0.369 e. The summed E-state index contributed by atoms with van der Waals surface area (Å²) in [7, 11) is 0. The van der Waals surface area contributed by atoms with Crippen LogP contribution in [-0.2, 0) is 4.74 Å². The smallest absolute Gasteiger partial charge is 0.106 e. The van der Waals surface area contributed by atoms with E-state index in [4.69, 9.17) is 4.74 Å². The van der Waals surface area contributed by atoms with Crippen LogP contribution in [-0.4, -0.2) is 6.61 Å². The lowest BCUT2D eigenvalue weighted by Crippen LogP contribution is -2.01. The van der Waals surface area contributed by atoms with Crippen molar-refractivity contribution in [1.82, 2.24) is 0 Å². The summed E-state index contributed by atoms with van der Waals surface area (Å²) in [5.41, 5.74) is 5.42. The van der Waals surface area contributed by atoms with Gasteiger partial charge in [0.05, 0.1) is 6.61 Å². The average molecular weight is 335 g/mol. The SMILES string of the molecule is [C](=C1CCOC1c1ccccc1C#Cc1ccccc1)c1ccccc1. The van der Waals surface area contributed by atoms with Crippen LogP contribution >= 0.6 is 0 Å². The van der Waals surface area contributed by atoms with Crippen LogP contribution in [0.2, 0.25) is 0 Å². The normalized spacial score (nSPS) is 17.7. The molecular weight excluding hydrogens is 316 g/mol. The summed E-state index contributed by atoms with van der Waals surface area (Å²) in [6.45, 7) is 0.723. The Kier molecular flexibility index (Phi) is 4.96. The molecular formula is C25H19O. The average Bonchev–Trinajstić information content (AvgIpc) is 3.16. The molecule has 26 heavy (non-hydrogen) atoms. The molecule has 0 spiro atoms. The van der Waals surface area contributed by atoms with E-state index in [1.165, 1.54) is 5.57 Å². The monoisotopic (exact) mass is 335 g/mol. The van der Waals surface area contributed by atoms with Gasteiger partial charge in [-0.1, -0.05) is 78.6 Å². The van der Waals surface area contributed by atoms with Gasteiger partial charge in [-0.3, -0.25) is 0 Å². The predicted molar refractivity (Wildman–Crippen MR) is 104 cm³/mol. The van der Waals surface area contributed by atoms with E-state index in [2.05, 4.69) is 42.2 Å². The van der Waals surface area contributed by atoms with Crippen molar-refractivity contribution in [3.05, 3.63) is 119 Å². The van der Waals surface area contributed by atoms with Crippen LogP contribution in [0.5, 0.6) is 0 Å². The third-order valence-electron chi connectivity index (χ3n) is 4.41. The Bertz CT molecular complexity index is 959. The molecule has 4 rings (SSSR count). The second-order valence-electron chi connectivity index (χ2n) is 6.22. The lowest BCUT2D eigenvalue weighted by molar-refractivity contribution is 0.125. The first kappa shape index (κ1) is 16.4. The molecule has 125 valence electrons. The van der Waals surface area contributed by atoms with E-state index in [1.54, 1.807) is 0 Å². The molecule has 3 aromatic rings. The molecule has 0 aliphatic carbocycles. The van der Waals surface area contributed by atoms with Gasteiger partial charge in [0, 0.05) is 16.7 Å². The third-order valence-corrected chi connectivity index (χ3v) is 4.41. The van der Waals surface area contributed by atoms with Crippen molar-refractivity contribution in [2.45, 2.75) is 12.5 Å². The number of rotatable bonds is 2. The van der Waals surface area contributed by atoms with E-state index in [-0.39, 0.29) is 6.10 Å². The lowest BCUT2D eigenvalue weighted by Gasteiger charge is -2.14. The van der Waals surface area contributed by atoms with Gasteiger partial charge in [0.15, 0.2) is 0 Å². The first-order valence-electron chi connectivity index (χ1n) is 8.85. The number of hydrogen-bond acceptors (Lipinski definition) is 1. The zero-order chi connectivity index (χ0) is 17.6. The molecule has 0 saturated carbocycles. The largest absolute Gasteiger partial charge is 0.369 e. The van der Waals surface area contributed by atoms with Gasteiger partial charge in [-0.25, -0.2) is 0 Å². The quantitative estimate of drug-likeness (QED) is 0.576. The van der Waals surface area contributed by atoms with Gasteiger partial charge in [0.2, 0.25) is 0 Å². The van der Waals surface area contributed by atoms with Crippen LogP contribution in [0, 0.1) is 17.9 Å². The summed E-state index contributed by atoms with van der Waals surface area (Å²) in [5.74, 6) is 6.57. The first-order valence-corrected chi connectivity index (χ1v) is 8.85. The zero-order valence-corrected chi connectivity index (χ0v) is 14.5. The molecule has 3 aromatic carbocycles. The predicted octanol–water partition coefficient (Wildman–Crippen LogP) is 5.33. The van der Waals surface area contributed by atoms with Crippen molar-refractivity contribution in [3.63, 3.8) is 0 Å². The Labute approximate surface area is 155 Å². The maximum Gasteiger partial charge on any atom is 0.106 e. The fourth-order valence-corrected chi connectivity index (χ4v) is 3.13. The molecule has 1 atom stereocenters. The van der Waals surface area contributed by atoms with Gasteiger partial charge in [-0.05, 0) is 41.8 Å². The second kappa shape index (κ2) is 7.87. The molecule has 1 aliphatic heterocycles. The lowest BCUT2D eigenvalue weighted by atomic mass is 9.95. The van der Waals surface area contributed by atoms with E-state index in [9.17, 15) is 0 Å². The molecule has 0 bridgehead atoms. The highest BCUT2D eigenvalue weighted by Gasteiger charge is 2.25. The van der Waals surface area contributed by atoms with Gasteiger partial charge in [0.1, 0.15) is 6.10 Å². The number of benzene rings is 3. The summed E-state index contributed by atoms with van der Waals surface area (Å²) in [4.78, 5) is 0. The van der Waals surface area contributed by atoms with Gasteiger partial charge in [-0.2, -0.15) is 0 Å². The molecule has 1 radical (unpaired) electrons. The van der Waals surface area contributed by atoms with Crippen LogP contribution in [0.25, 0.3) is 0 Å². The fourth-order valence-electron chi connectivity index (χ4n) is 3.13. The Morgan fingerprint density at radius 3 is 2.12 bits per heavy atom. The number of hydrogen-bond donors (Lipinski definition) is 0. The van der Waals surface area contributed by atoms with Crippen LogP contribution in [0.3, 0.4) is 0 Å². The minimum atomic E-state index is -0.0727. The summed E-state index contributed by atoms with van der Waals surface area (Å²) in [6.07, 6.45) is 4.36. The van der Waals surface area contributed by atoms with E-state index in [1.807, 2.05) is 60.7 Å². The molecule has 0 amide bonds. The topological polar surface area (TPSA) is 9.23 Å². The molecule has 0 aromatic heterocycles. The Morgan fingerprint density at radius 1 is 0.692 bits per heavy atom. The molecule has 0 N–H and O–H groups in total. The fraction of sp³-hybridized carbons (Fsp3) is 0.120. The molecule has 1 saturated heterocycles. The summed E-state index contributed by atoms with van der Waals surface area (Å²) < 4.78 is 6.05. The van der Waals surface area contributed by atoms with Crippen molar-refractivity contribution in [1.29, 1.82) is 0 Å². The van der Waals surface area contributed by atoms with E-state index in [0.717, 1.165) is 35.3 Å². The highest BCUT2D eigenvalue weighted by Crippen LogP contribution is 2.35. The standard InChI is InChI=1S/C25H19O/c1-3-9-20(10-4-1)15-16-22-13-7-8-14-24(22)25-23(17-18-26-25)19-21-11-5-2-6-12-21/h1-14,25H,17-18H2. The molecule has 1 aliphatic rings. The van der Waals surface area contributed by atoms with E-state index in [0.29, 0.717) is 0 Å². The molecule has 1 nitrogen and oxygen atoms in total. The van der Waals surface area contributed by atoms with Crippen LogP contribution in [0.4, 0.5) is 0 Å². The number of ether oxygens (including phenoxy) is 1. The molecule has 1 heterocycles. The maximum atomic E-state index is 6.05. The molecule has 1 unspecified atom stereocenters.